The minimum Gasteiger partial charge on any atom is -0.328 e. The van der Waals surface area contributed by atoms with E-state index >= 15 is 0 Å². The van der Waals surface area contributed by atoms with Crippen LogP contribution in [0.1, 0.15) is 20.1 Å². The van der Waals surface area contributed by atoms with E-state index in [0.29, 0.717) is 13.1 Å². The Morgan fingerprint density at radius 2 is 1.62 bits per heavy atom. The van der Waals surface area contributed by atoms with Gasteiger partial charge in [0.25, 0.3) is 5.91 Å². The van der Waals surface area contributed by atoms with Crippen LogP contribution < -0.4 is 0 Å². The summed E-state index contributed by atoms with van der Waals surface area (Å²) in [4.78, 5) is 17.0. The summed E-state index contributed by atoms with van der Waals surface area (Å²) in [5, 5.41) is 4.16. The first kappa shape index (κ1) is 19.1. The first-order valence-electron chi connectivity index (χ1n) is 7.68. The van der Waals surface area contributed by atoms with Crippen LogP contribution in [-0.4, -0.2) is 25.5 Å². The Morgan fingerprint density at radius 1 is 1.04 bits per heavy atom. The molecule has 0 saturated carbocycles. The van der Waals surface area contributed by atoms with Gasteiger partial charge in [-0.25, -0.2) is 8.42 Å². The highest BCUT2D eigenvalue weighted by Crippen LogP contribution is 2.25. The molecule has 3 aromatic rings. The average molecular weight is 426 g/mol. The molecule has 3 rings (SSSR count). The lowest BCUT2D eigenvalue weighted by Crippen LogP contribution is -2.30. The van der Waals surface area contributed by atoms with Crippen LogP contribution in [0, 0.1) is 0 Å². The standard InChI is InChI=1S/C18H16ClNO3S3/c1-26(22,23)15-6-7-17(19)16(10-15)18(21)20(11-13-4-2-8-24-13)12-14-5-3-9-25-14/h2-10H,11-12H2,1H3. The highest BCUT2D eigenvalue weighted by atomic mass is 35.5. The molecule has 0 aliphatic carbocycles. The van der Waals surface area contributed by atoms with Crippen molar-refractivity contribution in [2.75, 3.05) is 6.26 Å². The van der Waals surface area contributed by atoms with Crippen LogP contribution in [0.25, 0.3) is 0 Å². The van der Waals surface area contributed by atoms with E-state index in [1.807, 2.05) is 35.0 Å². The number of sulfone groups is 1. The molecule has 0 atom stereocenters. The number of amides is 1. The zero-order valence-corrected chi connectivity index (χ0v) is 17.1. The summed E-state index contributed by atoms with van der Waals surface area (Å²) in [6.45, 7) is 0.877. The smallest absolute Gasteiger partial charge is 0.256 e. The fourth-order valence-electron chi connectivity index (χ4n) is 2.45. The molecule has 0 bridgehead atoms. The minimum absolute atomic E-state index is 0.0810. The Kier molecular flexibility index (Phi) is 5.82. The molecule has 0 aliphatic rings. The third-order valence-electron chi connectivity index (χ3n) is 3.74. The molecule has 0 spiro atoms. The molecule has 0 saturated heterocycles. The van der Waals surface area contributed by atoms with Crippen molar-refractivity contribution in [2.45, 2.75) is 18.0 Å². The first-order valence-corrected chi connectivity index (χ1v) is 11.7. The van der Waals surface area contributed by atoms with Crippen molar-refractivity contribution in [1.82, 2.24) is 4.90 Å². The van der Waals surface area contributed by atoms with Crippen molar-refractivity contribution in [3.05, 3.63) is 73.6 Å². The van der Waals surface area contributed by atoms with E-state index in [-0.39, 0.29) is 21.4 Å². The zero-order valence-electron chi connectivity index (χ0n) is 13.9. The van der Waals surface area contributed by atoms with Gasteiger partial charge in [-0.1, -0.05) is 23.7 Å². The summed E-state index contributed by atoms with van der Waals surface area (Å²) < 4.78 is 23.7. The van der Waals surface area contributed by atoms with Crippen LogP contribution in [0.15, 0.2) is 58.1 Å². The molecule has 0 aliphatic heterocycles. The number of hydrogen-bond acceptors (Lipinski definition) is 5. The summed E-state index contributed by atoms with van der Waals surface area (Å²) in [5.74, 6) is -0.290. The Labute approximate surface area is 165 Å². The van der Waals surface area contributed by atoms with E-state index in [2.05, 4.69) is 0 Å². The van der Waals surface area contributed by atoms with Crippen molar-refractivity contribution in [3.8, 4) is 0 Å². The van der Waals surface area contributed by atoms with Gasteiger partial charge >= 0.3 is 0 Å². The van der Waals surface area contributed by atoms with Crippen LogP contribution >= 0.6 is 34.3 Å². The number of rotatable bonds is 6. The van der Waals surface area contributed by atoms with Gasteiger partial charge in [-0.15, -0.1) is 22.7 Å². The molecule has 4 nitrogen and oxygen atoms in total. The van der Waals surface area contributed by atoms with Gasteiger partial charge in [0.15, 0.2) is 9.84 Å². The van der Waals surface area contributed by atoms with Gasteiger partial charge in [-0.3, -0.25) is 4.79 Å². The van der Waals surface area contributed by atoms with Crippen LogP contribution in [0.3, 0.4) is 0 Å². The minimum atomic E-state index is -3.43. The highest BCUT2D eigenvalue weighted by molar-refractivity contribution is 7.90. The van der Waals surface area contributed by atoms with Gasteiger partial charge in [0, 0.05) is 16.0 Å². The maximum atomic E-state index is 13.2. The van der Waals surface area contributed by atoms with Gasteiger partial charge < -0.3 is 4.90 Å². The lowest BCUT2D eigenvalue weighted by Gasteiger charge is -2.22. The number of nitrogens with zero attached hydrogens (tertiary/aromatic N) is 1. The SMILES string of the molecule is CS(=O)(=O)c1ccc(Cl)c(C(=O)N(Cc2cccs2)Cc2cccs2)c1. The summed E-state index contributed by atoms with van der Waals surface area (Å²) in [7, 11) is -3.43. The van der Waals surface area contributed by atoms with E-state index in [1.165, 1.54) is 18.2 Å². The second-order valence-electron chi connectivity index (χ2n) is 5.73. The van der Waals surface area contributed by atoms with Crippen LogP contribution in [0.2, 0.25) is 5.02 Å². The number of benzene rings is 1. The van der Waals surface area contributed by atoms with Gasteiger partial charge in [-0.2, -0.15) is 0 Å². The van der Waals surface area contributed by atoms with Gasteiger partial charge in [0.2, 0.25) is 0 Å². The fourth-order valence-corrected chi connectivity index (χ4v) is 4.73. The second kappa shape index (κ2) is 7.92. The topological polar surface area (TPSA) is 54.5 Å². The van der Waals surface area contributed by atoms with E-state index in [9.17, 15) is 13.2 Å². The number of hydrogen-bond donors (Lipinski definition) is 0. The lowest BCUT2D eigenvalue weighted by molar-refractivity contribution is 0.0733. The molecular formula is C18H16ClNO3S3. The molecule has 2 aromatic heterocycles. The molecule has 0 N–H and O–H groups in total. The molecule has 0 radical (unpaired) electrons. The molecule has 1 aromatic carbocycles. The van der Waals surface area contributed by atoms with Crippen molar-refractivity contribution in [3.63, 3.8) is 0 Å². The Hall–Kier alpha value is -1.67. The van der Waals surface area contributed by atoms with Gasteiger partial charge in [0.05, 0.1) is 28.6 Å². The number of thiophene rings is 2. The Balaban J connectivity index is 1.96. The van der Waals surface area contributed by atoms with Gasteiger partial charge in [-0.05, 0) is 41.1 Å². The van der Waals surface area contributed by atoms with E-state index in [1.54, 1.807) is 27.6 Å². The monoisotopic (exact) mass is 425 g/mol. The number of carbonyl (C=O) groups is 1. The number of halogens is 1. The first-order chi connectivity index (χ1) is 12.3. The molecule has 0 fully saturated rings. The van der Waals surface area contributed by atoms with Gasteiger partial charge in [0.1, 0.15) is 0 Å². The lowest BCUT2D eigenvalue weighted by atomic mass is 10.2. The summed E-state index contributed by atoms with van der Waals surface area (Å²) >= 11 is 9.35. The van der Waals surface area contributed by atoms with Crippen molar-refractivity contribution in [1.29, 1.82) is 0 Å². The maximum absolute atomic E-state index is 13.2. The van der Waals surface area contributed by atoms with Crippen molar-refractivity contribution >= 4 is 50.0 Å². The number of carbonyl (C=O) groups excluding carboxylic acids is 1. The third kappa shape index (κ3) is 4.54. The van der Waals surface area contributed by atoms with E-state index in [4.69, 9.17) is 11.6 Å². The highest BCUT2D eigenvalue weighted by Gasteiger charge is 2.22. The Bertz CT molecular complexity index is 960. The molecule has 8 heteroatoms. The average Bonchev–Trinajstić information content (AvgIpc) is 3.27. The molecule has 0 unspecified atom stereocenters. The predicted octanol–water partition coefficient (Wildman–Crippen LogP) is 4.71. The summed E-state index contributed by atoms with van der Waals surface area (Å²) in [5.41, 5.74) is 0.197. The van der Waals surface area contributed by atoms with Crippen LogP contribution in [-0.2, 0) is 22.9 Å². The van der Waals surface area contributed by atoms with Crippen molar-refractivity contribution in [2.24, 2.45) is 0 Å². The molecule has 1 amide bonds. The third-order valence-corrected chi connectivity index (χ3v) is 6.90. The second-order valence-corrected chi connectivity index (χ2v) is 10.2. The maximum Gasteiger partial charge on any atom is 0.256 e. The normalized spacial score (nSPS) is 11.5. The molecule has 136 valence electrons. The summed E-state index contributed by atoms with van der Waals surface area (Å²) in [6.07, 6.45) is 1.11. The van der Waals surface area contributed by atoms with Crippen LogP contribution in [0.5, 0.6) is 0 Å². The zero-order chi connectivity index (χ0) is 18.7. The Morgan fingerprint density at radius 3 is 2.08 bits per heavy atom. The predicted molar refractivity (Wildman–Crippen MR) is 107 cm³/mol. The van der Waals surface area contributed by atoms with E-state index in [0.717, 1.165) is 16.0 Å². The summed E-state index contributed by atoms with van der Waals surface area (Å²) in [6, 6.07) is 12.0. The fraction of sp³-hybridized carbons (Fsp3) is 0.167. The largest absolute Gasteiger partial charge is 0.328 e. The molecular weight excluding hydrogens is 410 g/mol. The van der Waals surface area contributed by atoms with Crippen molar-refractivity contribution < 1.29 is 13.2 Å². The quantitative estimate of drug-likeness (QED) is 0.574. The molecule has 2 heterocycles. The van der Waals surface area contributed by atoms with E-state index < -0.39 is 9.84 Å². The molecule has 26 heavy (non-hydrogen) atoms. The van der Waals surface area contributed by atoms with Crippen LogP contribution in [0.4, 0.5) is 0 Å².